The predicted octanol–water partition coefficient (Wildman–Crippen LogP) is 1.03. The number of thiophene rings is 1. The van der Waals surface area contributed by atoms with Crippen LogP contribution in [0.25, 0.3) is 0 Å². The zero-order valence-electron chi connectivity index (χ0n) is 11.9. The predicted molar refractivity (Wildman–Crippen MR) is 80.5 cm³/mol. The van der Waals surface area contributed by atoms with Gasteiger partial charge in [0.15, 0.2) is 0 Å². The lowest BCUT2D eigenvalue weighted by Gasteiger charge is -2.25. The van der Waals surface area contributed by atoms with Crippen molar-refractivity contribution in [3.63, 3.8) is 0 Å². The molecule has 0 radical (unpaired) electrons. The van der Waals surface area contributed by atoms with Gasteiger partial charge in [-0.1, -0.05) is 6.07 Å². The summed E-state index contributed by atoms with van der Waals surface area (Å²) in [7, 11) is 1.76. The van der Waals surface area contributed by atoms with Gasteiger partial charge in [-0.2, -0.15) is 18.0 Å². The first kappa shape index (κ1) is 17.1. The van der Waals surface area contributed by atoms with Crippen molar-refractivity contribution in [1.82, 2.24) is 13.9 Å². The van der Waals surface area contributed by atoms with Crippen molar-refractivity contribution in [2.45, 2.75) is 12.5 Å². The maximum absolute atomic E-state index is 12.0. The standard InChI is InChI=1S/C12H20N4O2S2/c1-15(2)11(12-6-4-9-19-12)10-14-20(17,18)16(3)8-5-7-13/h4,6,9,11,14H,5,8,10H2,1-3H3. The van der Waals surface area contributed by atoms with Crippen LogP contribution in [0.1, 0.15) is 17.3 Å². The average molecular weight is 316 g/mol. The van der Waals surface area contributed by atoms with E-state index >= 15 is 0 Å². The Morgan fingerprint density at radius 1 is 1.45 bits per heavy atom. The quantitative estimate of drug-likeness (QED) is 0.777. The maximum Gasteiger partial charge on any atom is 0.279 e. The van der Waals surface area contributed by atoms with Crippen molar-refractivity contribution in [2.24, 2.45) is 0 Å². The van der Waals surface area contributed by atoms with Crippen molar-refractivity contribution in [3.05, 3.63) is 22.4 Å². The van der Waals surface area contributed by atoms with Crippen LogP contribution >= 0.6 is 11.3 Å². The molecule has 1 unspecified atom stereocenters. The summed E-state index contributed by atoms with van der Waals surface area (Å²) in [6, 6.07) is 5.87. The van der Waals surface area contributed by atoms with Gasteiger partial charge in [0.1, 0.15) is 0 Å². The van der Waals surface area contributed by atoms with Crippen molar-refractivity contribution in [2.75, 3.05) is 34.2 Å². The molecule has 0 aliphatic heterocycles. The van der Waals surface area contributed by atoms with Crippen molar-refractivity contribution < 1.29 is 8.42 Å². The second-order valence-corrected chi connectivity index (χ2v) is 7.42. The first-order valence-corrected chi connectivity index (χ1v) is 8.48. The summed E-state index contributed by atoms with van der Waals surface area (Å²) < 4.78 is 27.8. The summed E-state index contributed by atoms with van der Waals surface area (Å²) >= 11 is 1.60. The minimum atomic E-state index is -3.54. The first-order chi connectivity index (χ1) is 9.38. The molecule has 1 N–H and O–H groups in total. The molecular formula is C12H20N4O2S2. The molecule has 0 fully saturated rings. The SMILES string of the molecule is CN(C)C(CNS(=O)(=O)N(C)CCC#N)c1cccs1. The number of hydrogen-bond donors (Lipinski definition) is 1. The summed E-state index contributed by atoms with van der Waals surface area (Å²) in [4.78, 5) is 3.08. The van der Waals surface area contributed by atoms with E-state index < -0.39 is 10.2 Å². The van der Waals surface area contributed by atoms with Gasteiger partial charge in [-0.15, -0.1) is 11.3 Å². The highest BCUT2D eigenvalue weighted by Crippen LogP contribution is 2.22. The Bertz CT molecular complexity index is 534. The minimum absolute atomic E-state index is 0.00542. The lowest BCUT2D eigenvalue weighted by atomic mass is 10.2. The molecule has 112 valence electrons. The summed E-state index contributed by atoms with van der Waals surface area (Å²) in [6.45, 7) is 0.490. The van der Waals surface area contributed by atoms with Crippen LogP contribution in [0.4, 0.5) is 0 Å². The first-order valence-electron chi connectivity index (χ1n) is 6.16. The van der Waals surface area contributed by atoms with Crippen molar-refractivity contribution >= 4 is 21.5 Å². The van der Waals surface area contributed by atoms with E-state index in [1.807, 2.05) is 42.6 Å². The van der Waals surface area contributed by atoms with Crippen LogP contribution in [-0.4, -0.2) is 51.9 Å². The highest BCUT2D eigenvalue weighted by atomic mass is 32.2. The van der Waals surface area contributed by atoms with Gasteiger partial charge in [0.25, 0.3) is 10.2 Å². The summed E-state index contributed by atoms with van der Waals surface area (Å²) in [5.41, 5.74) is 0. The molecule has 0 bridgehead atoms. The Hall–Kier alpha value is -0.980. The second-order valence-electron chi connectivity index (χ2n) is 4.58. The van der Waals surface area contributed by atoms with E-state index in [9.17, 15) is 8.42 Å². The molecule has 0 aromatic carbocycles. The van der Waals surface area contributed by atoms with E-state index in [2.05, 4.69) is 4.72 Å². The van der Waals surface area contributed by atoms with Crippen molar-refractivity contribution in [3.8, 4) is 6.07 Å². The highest BCUT2D eigenvalue weighted by Gasteiger charge is 2.21. The molecule has 8 heteroatoms. The second kappa shape index (κ2) is 7.71. The van der Waals surface area contributed by atoms with Crippen LogP contribution in [-0.2, 0) is 10.2 Å². The molecule has 0 aliphatic carbocycles. The van der Waals surface area contributed by atoms with Gasteiger partial charge in [-0.25, -0.2) is 4.72 Å². The van der Waals surface area contributed by atoms with Gasteiger partial charge in [-0.3, -0.25) is 0 Å². The van der Waals surface area contributed by atoms with Crippen LogP contribution in [0.3, 0.4) is 0 Å². The Morgan fingerprint density at radius 3 is 2.65 bits per heavy atom. The number of rotatable bonds is 8. The van der Waals surface area contributed by atoms with Gasteiger partial charge in [0.05, 0.1) is 12.1 Å². The summed E-state index contributed by atoms with van der Waals surface area (Å²) in [5, 5.41) is 10.5. The number of nitrogens with zero attached hydrogens (tertiary/aromatic N) is 3. The van der Waals surface area contributed by atoms with Crippen LogP contribution in [0, 0.1) is 11.3 Å². The summed E-state index contributed by atoms with van der Waals surface area (Å²) in [6.07, 6.45) is 0.180. The molecule has 1 rings (SSSR count). The Morgan fingerprint density at radius 2 is 2.15 bits per heavy atom. The topological polar surface area (TPSA) is 76.4 Å². The fraction of sp³-hybridized carbons (Fsp3) is 0.583. The highest BCUT2D eigenvalue weighted by molar-refractivity contribution is 7.87. The van der Waals surface area contributed by atoms with Gasteiger partial charge < -0.3 is 4.90 Å². The Labute approximate surface area is 124 Å². The van der Waals surface area contributed by atoms with E-state index in [4.69, 9.17) is 5.26 Å². The third-order valence-electron chi connectivity index (χ3n) is 2.90. The third-order valence-corrected chi connectivity index (χ3v) is 5.41. The fourth-order valence-corrected chi connectivity index (χ4v) is 3.48. The van der Waals surface area contributed by atoms with E-state index in [0.29, 0.717) is 6.54 Å². The largest absolute Gasteiger partial charge is 0.300 e. The molecular weight excluding hydrogens is 296 g/mol. The Kier molecular flexibility index (Phi) is 6.58. The Balaban J connectivity index is 2.66. The van der Waals surface area contributed by atoms with E-state index in [1.54, 1.807) is 11.3 Å². The van der Waals surface area contributed by atoms with Gasteiger partial charge in [-0.05, 0) is 25.5 Å². The van der Waals surface area contributed by atoms with Crippen molar-refractivity contribution in [1.29, 1.82) is 5.26 Å². The van der Waals surface area contributed by atoms with Gasteiger partial charge in [0.2, 0.25) is 0 Å². The molecule has 1 aromatic heterocycles. The van der Waals surface area contributed by atoms with Crippen LogP contribution < -0.4 is 4.72 Å². The van der Waals surface area contributed by atoms with Crippen LogP contribution in [0.2, 0.25) is 0 Å². The van der Waals surface area contributed by atoms with Gasteiger partial charge >= 0.3 is 0 Å². The molecule has 0 spiro atoms. The number of nitriles is 1. The smallest absolute Gasteiger partial charge is 0.279 e. The zero-order valence-corrected chi connectivity index (χ0v) is 13.5. The number of nitrogens with one attached hydrogen (secondary N) is 1. The molecule has 6 nitrogen and oxygen atoms in total. The lowest BCUT2D eigenvalue weighted by Crippen LogP contribution is -2.42. The van der Waals surface area contributed by atoms with Crippen LogP contribution in [0.15, 0.2) is 17.5 Å². The van der Waals surface area contributed by atoms with E-state index in [-0.39, 0.29) is 19.0 Å². The maximum atomic E-state index is 12.0. The molecule has 0 amide bonds. The zero-order chi connectivity index (χ0) is 15.2. The average Bonchev–Trinajstić information content (AvgIpc) is 2.89. The molecule has 0 saturated heterocycles. The van der Waals surface area contributed by atoms with E-state index in [0.717, 1.165) is 9.18 Å². The van der Waals surface area contributed by atoms with E-state index in [1.165, 1.54) is 7.05 Å². The minimum Gasteiger partial charge on any atom is -0.300 e. The fourth-order valence-electron chi connectivity index (χ4n) is 1.64. The molecule has 1 atom stereocenters. The molecule has 0 saturated carbocycles. The number of likely N-dealkylation sites (N-methyl/N-ethyl adjacent to an activating group) is 1. The molecule has 20 heavy (non-hydrogen) atoms. The molecule has 1 aromatic rings. The monoisotopic (exact) mass is 316 g/mol. The molecule has 1 heterocycles. The third kappa shape index (κ3) is 4.85. The van der Waals surface area contributed by atoms with Crippen LogP contribution in [0.5, 0.6) is 0 Å². The molecule has 0 aliphatic rings. The van der Waals surface area contributed by atoms with Gasteiger partial charge in [0, 0.05) is 31.4 Å². The summed E-state index contributed by atoms with van der Waals surface area (Å²) in [5.74, 6) is 0. The number of hydrogen-bond acceptors (Lipinski definition) is 5. The normalized spacial score (nSPS) is 13.6. The lowest BCUT2D eigenvalue weighted by molar-refractivity contribution is 0.301.